The van der Waals surface area contributed by atoms with E-state index in [0.29, 0.717) is 17.1 Å². The second-order valence-corrected chi connectivity index (χ2v) is 9.68. The monoisotopic (exact) mass is 388 g/mol. The zero-order valence-electron chi connectivity index (χ0n) is 18.4. The topological polar surface area (TPSA) is 80.6 Å². The van der Waals surface area contributed by atoms with Crippen molar-refractivity contribution in [2.24, 2.45) is 10.8 Å². The van der Waals surface area contributed by atoms with E-state index in [1.54, 1.807) is 19.2 Å². The minimum atomic E-state index is -0.423. The molecule has 1 saturated carbocycles. The summed E-state index contributed by atoms with van der Waals surface area (Å²) in [5.74, 6) is 1.19. The average molecular weight is 389 g/mol. The molecule has 0 radical (unpaired) electrons. The van der Waals surface area contributed by atoms with Gasteiger partial charge in [-0.1, -0.05) is 27.7 Å². The van der Waals surface area contributed by atoms with Gasteiger partial charge in [0.2, 0.25) is 0 Å². The fraction of sp³-hybridized carbons (Fsp3) is 0.636. The third kappa shape index (κ3) is 3.89. The summed E-state index contributed by atoms with van der Waals surface area (Å²) in [5.41, 5.74) is 0.127. The predicted octanol–water partition coefficient (Wildman–Crippen LogP) is 4.58. The molecule has 0 spiro atoms. The summed E-state index contributed by atoms with van der Waals surface area (Å²) in [6.07, 6.45) is -0.898. The molecule has 154 valence electrons. The molecular formula is C22H32N2O4. The largest absolute Gasteiger partial charge is 0.495 e. The van der Waals surface area contributed by atoms with E-state index in [4.69, 9.17) is 14.2 Å². The second kappa shape index (κ2) is 7.20. The number of hydrogen-bond donors (Lipinski definition) is 1. The van der Waals surface area contributed by atoms with Gasteiger partial charge in [0.1, 0.15) is 29.8 Å². The highest BCUT2D eigenvalue weighted by Crippen LogP contribution is 2.57. The van der Waals surface area contributed by atoms with E-state index >= 15 is 0 Å². The maximum absolute atomic E-state index is 12.3. The highest BCUT2D eigenvalue weighted by molar-refractivity contribution is 5.68. The molecule has 0 heterocycles. The van der Waals surface area contributed by atoms with Gasteiger partial charge in [-0.25, -0.2) is 4.79 Å². The third-order valence-electron chi connectivity index (χ3n) is 5.33. The SMILES string of the molecule is COc1c(C#N)ccc(OC2C(C)(C)C(OC(=O)NC(C)(C)C)C2(C)C)c1C. The molecule has 0 saturated heterocycles. The molecule has 1 N–H and O–H groups in total. The number of rotatable bonds is 4. The number of nitriles is 1. The Kier molecular flexibility index (Phi) is 5.62. The quantitative estimate of drug-likeness (QED) is 0.816. The molecule has 6 nitrogen and oxygen atoms in total. The van der Waals surface area contributed by atoms with E-state index in [2.05, 4.69) is 11.4 Å². The van der Waals surface area contributed by atoms with E-state index in [1.165, 1.54) is 0 Å². The van der Waals surface area contributed by atoms with Crippen molar-refractivity contribution in [1.82, 2.24) is 5.32 Å². The molecule has 1 aromatic rings. The normalized spacial score (nSPS) is 22.4. The van der Waals surface area contributed by atoms with Crippen molar-refractivity contribution in [3.05, 3.63) is 23.3 Å². The Morgan fingerprint density at radius 2 is 1.71 bits per heavy atom. The van der Waals surface area contributed by atoms with E-state index < -0.39 is 6.09 Å². The zero-order chi connectivity index (χ0) is 21.5. The second-order valence-electron chi connectivity index (χ2n) is 9.68. The summed E-state index contributed by atoms with van der Waals surface area (Å²) in [6, 6.07) is 5.62. The molecule has 1 amide bonds. The summed E-state index contributed by atoms with van der Waals surface area (Å²) in [5, 5.41) is 12.1. The van der Waals surface area contributed by atoms with Crippen molar-refractivity contribution in [1.29, 1.82) is 5.26 Å². The van der Waals surface area contributed by atoms with Crippen LogP contribution in [0.15, 0.2) is 12.1 Å². The number of alkyl carbamates (subject to hydrolysis) is 1. The van der Waals surface area contributed by atoms with Crippen LogP contribution in [0.3, 0.4) is 0 Å². The molecule has 0 atom stereocenters. The van der Waals surface area contributed by atoms with E-state index in [-0.39, 0.29) is 28.6 Å². The zero-order valence-corrected chi connectivity index (χ0v) is 18.4. The summed E-state index contributed by atoms with van der Waals surface area (Å²) >= 11 is 0. The van der Waals surface area contributed by atoms with Crippen molar-refractivity contribution in [3.8, 4) is 17.6 Å². The molecule has 0 aliphatic heterocycles. The standard InChI is InChI=1S/C22H32N2O4/c1-13-15(11-10-14(12-23)16(13)26-9)27-17-21(5,6)18(22(17,7)8)28-19(25)24-20(2,3)4/h10-11,17-18H,1-9H3,(H,24,25). The first kappa shape index (κ1) is 21.9. The minimum Gasteiger partial charge on any atom is -0.495 e. The Labute approximate surface area is 168 Å². The third-order valence-corrected chi connectivity index (χ3v) is 5.33. The lowest BCUT2D eigenvalue weighted by molar-refractivity contribution is -0.235. The lowest BCUT2D eigenvalue weighted by Gasteiger charge is -2.61. The summed E-state index contributed by atoms with van der Waals surface area (Å²) in [6.45, 7) is 15.8. The van der Waals surface area contributed by atoms with Crippen LogP contribution >= 0.6 is 0 Å². The van der Waals surface area contributed by atoms with Gasteiger partial charge in [-0.05, 0) is 39.8 Å². The molecule has 0 unspecified atom stereocenters. The van der Waals surface area contributed by atoms with Gasteiger partial charge >= 0.3 is 6.09 Å². The highest BCUT2D eigenvalue weighted by Gasteiger charge is 2.66. The average Bonchev–Trinajstić information content (AvgIpc) is 2.56. The maximum atomic E-state index is 12.3. The van der Waals surface area contributed by atoms with Gasteiger partial charge in [0.05, 0.1) is 12.7 Å². The number of amides is 1. The van der Waals surface area contributed by atoms with Gasteiger partial charge in [-0.3, -0.25) is 0 Å². The molecule has 1 aliphatic rings. The van der Waals surface area contributed by atoms with Crippen LogP contribution in [0.5, 0.6) is 11.5 Å². The number of ether oxygens (including phenoxy) is 3. The summed E-state index contributed by atoms with van der Waals surface area (Å²) < 4.78 is 17.5. The van der Waals surface area contributed by atoms with Gasteiger partial charge < -0.3 is 19.5 Å². The number of methoxy groups -OCH3 is 1. The predicted molar refractivity (Wildman–Crippen MR) is 108 cm³/mol. The van der Waals surface area contributed by atoms with Crippen molar-refractivity contribution < 1.29 is 19.0 Å². The van der Waals surface area contributed by atoms with E-state index in [1.807, 2.05) is 55.4 Å². The number of benzene rings is 1. The fourth-order valence-corrected chi connectivity index (χ4v) is 4.43. The van der Waals surface area contributed by atoms with Gasteiger partial charge in [-0.2, -0.15) is 5.26 Å². The lowest BCUT2D eigenvalue weighted by atomic mass is 9.51. The minimum absolute atomic E-state index is 0.177. The highest BCUT2D eigenvalue weighted by atomic mass is 16.6. The lowest BCUT2D eigenvalue weighted by Crippen LogP contribution is -2.71. The van der Waals surface area contributed by atoms with Crippen LogP contribution in [0.4, 0.5) is 4.79 Å². The Morgan fingerprint density at radius 1 is 1.14 bits per heavy atom. The Balaban J connectivity index is 2.23. The molecule has 28 heavy (non-hydrogen) atoms. The number of hydrogen-bond acceptors (Lipinski definition) is 5. The Morgan fingerprint density at radius 3 is 2.18 bits per heavy atom. The van der Waals surface area contributed by atoms with Crippen molar-refractivity contribution in [2.45, 2.75) is 73.1 Å². The van der Waals surface area contributed by atoms with Crippen molar-refractivity contribution in [2.75, 3.05) is 7.11 Å². The molecule has 1 aliphatic carbocycles. The van der Waals surface area contributed by atoms with Gasteiger partial charge in [0.15, 0.2) is 0 Å². The van der Waals surface area contributed by atoms with Crippen LogP contribution in [0.2, 0.25) is 0 Å². The molecule has 1 aromatic carbocycles. The fourth-order valence-electron chi connectivity index (χ4n) is 4.43. The maximum Gasteiger partial charge on any atom is 0.407 e. The molecular weight excluding hydrogens is 356 g/mol. The van der Waals surface area contributed by atoms with Crippen LogP contribution in [-0.2, 0) is 4.74 Å². The molecule has 0 aromatic heterocycles. The molecule has 2 rings (SSSR count). The van der Waals surface area contributed by atoms with Crippen molar-refractivity contribution in [3.63, 3.8) is 0 Å². The first-order valence-corrected chi connectivity index (χ1v) is 9.49. The van der Waals surface area contributed by atoms with Crippen LogP contribution < -0.4 is 14.8 Å². The number of carbonyl (C=O) groups excluding carboxylic acids is 1. The Hall–Kier alpha value is -2.42. The van der Waals surface area contributed by atoms with Gasteiger partial charge in [0, 0.05) is 21.9 Å². The van der Waals surface area contributed by atoms with Gasteiger partial charge in [-0.15, -0.1) is 0 Å². The first-order chi connectivity index (χ1) is 12.8. The van der Waals surface area contributed by atoms with Crippen LogP contribution in [0.1, 0.15) is 59.6 Å². The van der Waals surface area contributed by atoms with E-state index in [9.17, 15) is 10.1 Å². The van der Waals surface area contributed by atoms with Crippen LogP contribution in [0, 0.1) is 29.1 Å². The van der Waals surface area contributed by atoms with Crippen molar-refractivity contribution >= 4 is 6.09 Å². The van der Waals surface area contributed by atoms with Gasteiger partial charge in [0.25, 0.3) is 0 Å². The number of nitrogens with zero attached hydrogens (tertiary/aromatic N) is 1. The summed E-state index contributed by atoms with van der Waals surface area (Å²) in [7, 11) is 1.54. The molecule has 1 fully saturated rings. The summed E-state index contributed by atoms with van der Waals surface area (Å²) in [4.78, 5) is 12.3. The van der Waals surface area contributed by atoms with Crippen LogP contribution in [-0.4, -0.2) is 30.9 Å². The van der Waals surface area contributed by atoms with E-state index in [0.717, 1.165) is 5.56 Å². The smallest absolute Gasteiger partial charge is 0.407 e. The van der Waals surface area contributed by atoms with Crippen LogP contribution in [0.25, 0.3) is 0 Å². The molecule has 0 bridgehead atoms. The Bertz CT molecular complexity index is 784. The number of nitrogens with one attached hydrogen (secondary N) is 1. The molecule has 6 heteroatoms. The number of carbonyl (C=O) groups is 1. The first-order valence-electron chi connectivity index (χ1n) is 9.49.